The highest BCUT2D eigenvalue weighted by atomic mass is 35.5. The van der Waals surface area contributed by atoms with Crippen molar-refractivity contribution >= 4 is 51.6 Å². The second kappa shape index (κ2) is 8.01. The Hall–Kier alpha value is -3.43. The lowest BCUT2D eigenvalue weighted by atomic mass is 10.2. The Balaban J connectivity index is 1.36. The zero-order valence-corrected chi connectivity index (χ0v) is 17.9. The van der Waals surface area contributed by atoms with Crippen LogP contribution in [-0.2, 0) is 4.79 Å². The van der Waals surface area contributed by atoms with E-state index in [1.165, 1.54) is 11.8 Å². The maximum absolute atomic E-state index is 12.4. The topological polar surface area (TPSA) is 90.0 Å². The number of fused-ring (bicyclic) bond motifs is 3. The third kappa shape index (κ3) is 3.73. The number of benzene rings is 2. The van der Waals surface area contributed by atoms with E-state index in [2.05, 4.69) is 25.6 Å². The van der Waals surface area contributed by atoms with Crippen LogP contribution in [0.1, 0.15) is 5.56 Å². The summed E-state index contributed by atoms with van der Waals surface area (Å²) in [6.07, 6.45) is 3.38. The van der Waals surface area contributed by atoms with E-state index in [9.17, 15) is 4.79 Å². The number of anilines is 1. The lowest BCUT2D eigenvalue weighted by Gasteiger charge is -2.06. The van der Waals surface area contributed by atoms with Crippen LogP contribution in [0.15, 0.2) is 66.2 Å². The molecule has 10 heteroatoms. The molecule has 5 rings (SSSR count). The van der Waals surface area contributed by atoms with Crippen LogP contribution in [0, 0.1) is 6.92 Å². The fourth-order valence-electron chi connectivity index (χ4n) is 3.16. The molecule has 5 aromatic rings. The van der Waals surface area contributed by atoms with Gasteiger partial charge >= 0.3 is 0 Å². The Morgan fingerprint density at radius 1 is 1.13 bits per heavy atom. The highest BCUT2D eigenvalue weighted by Crippen LogP contribution is 2.24. The molecule has 0 unspecified atom stereocenters. The number of carbonyl (C=O) groups is 1. The summed E-state index contributed by atoms with van der Waals surface area (Å²) in [6, 6.07) is 15.2. The first kappa shape index (κ1) is 19.5. The average Bonchev–Trinajstić information content (AvgIpc) is 3.39. The van der Waals surface area contributed by atoms with E-state index in [1.807, 2.05) is 49.4 Å². The number of halogens is 1. The Bertz CT molecular complexity index is 1410. The summed E-state index contributed by atoms with van der Waals surface area (Å²) in [5.74, 6) is 0.0146. The van der Waals surface area contributed by atoms with Gasteiger partial charge in [0.2, 0.25) is 5.91 Å². The van der Waals surface area contributed by atoms with Gasteiger partial charge in [-0.1, -0.05) is 47.6 Å². The molecule has 0 saturated carbocycles. The van der Waals surface area contributed by atoms with Crippen molar-refractivity contribution in [1.82, 2.24) is 29.4 Å². The molecule has 3 heterocycles. The van der Waals surface area contributed by atoms with E-state index in [0.29, 0.717) is 27.2 Å². The van der Waals surface area contributed by atoms with Crippen molar-refractivity contribution in [1.29, 1.82) is 0 Å². The molecule has 1 N–H and O–H groups in total. The van der Waals surface area contributed by atoms with Crippen molar-refractivity contribution in [2.24, 2.45) is 0 Å². The summed E-state index contributed by atoms with van der Waals surface area (Å²) < 4.78 is 3.52. The van der Waals surface area contributed by atoms with Crippen molar-refractivity contribution in [3.05, 3.63) is 71.6 Å². The molecule has 0 aliphatic rings. The molecule has 31 heavy (non-hydrogen) atoms. The van der Waals surface area contributed by atoms with Crippen LogP contribution in [-0.4, -0.2) is 41.0 Å². The minimum atomic E-state index is -0.160. The number of aryl methyl sites for hydroxylation is 1. The minimum absolute atomic E-state index is 0.160. The predicted molar refractivity (Wildman–Crippen MR) is 121 cm³/mol. The maximum atomic E-state index is 12.4. The van der Waals surface area contributed by atoms with Crippen LogP contribution in [0.2, 0.25) is 5.02 Å². The van der Waals surface area contributed by atoms with Gasteiger partial charge in [0.15, 0.2) is 16.5 Å². The van der Waals surface area contributed by atoms with Crippen LogP contribution in [0.25, 0.3) is 22.4 Å². The first-order chi connectivity index (χ1) is 15.1. The highest BCUT2D eigenvalue weighted by molar-refractivity contribution is 7.99. The standard InChI is InChI=1S/C21H16ClN7OS/c1-13-7-8-14(9-17(13)22)25-18(30)11-31-21-27-26-20-16-10-24-29(15-5-3-2-4-6-15)19(16)23-12-28(20)21/h2-10,12H,11H2,1H3,(H,25,30). The second-order valence-electron chi connectivity index (χ2n) is 6.85. The van der Waals surface area contributed by atoms with E-state index in [4.69, 9.17) is 11.6 Å². The molecule has 8 nitrogen and oxygen atoms in total. The number of nitrogens with one attached hydrogen (secondary N) is 1. The Kier molecular flexibility index (Phi) is 5.05. The molecule has 1 amide bonds. The molecule has 0 aliphatic heterocycles. The van der Waals surface area contributed by atoms with Crippen LogP contribution in [0.5, 0.6) is 0 Å². The van der Waals surface area contributed by atoms with E-state index < -0.39 is 0 Å². The lowest BCUT2D eigenvalue weighted by molar-refractivity contribution is -0.113. The smallest absolute Gasteiger partial charge is 0.234 e. The average molecular weight is 450 g/mol. The quantitative estimate of drug-likeness (QED) is 0.405. The first-order valence-electron chi connectivity index (χ1n) is 9.42. The lowest BCUT2D eigenvalue weighted by Crippen LogP contribution is -2.14. The molecule has 0 radical (unpaired) electrons. The zero-order valence-electron chi connectivity index (χ0n) is 16.4. The normalized spacial score (nSPS) is 11.3. The van der Waals surface area contributed by atoms with Gasteiger partial charge in [0, 0.05) is 10.7 Å². The van der Waals surface area contributed by atoms with E-state index >= 15 is 0 Å². The fourth-order valence-corrected chi connectivity index (χ4v) is 4.04. The largest absolute Gasteiger partial charge is 0.325 e. The van der Waals surface area contributed by atoms with E-state index in [1.54, 1.807) is 27.7 Å². The summed E-state index contributed by atoms with van der Waals surface area (Å²) in [6.45, 7) is 1.91. The van der Waals surface area contributed by atoms with Gasteiger partial charge in [0.1, 0.15) is 6.33 Å². The Labute approximate surface area is 186 Å². The van der Waals surface area contributed by atoms with Crippen molar-refractivity contribution in [3.63, 3.8) is 0 Å². The van der Waals surface area contributed by atoms with Gasteiger partial charge in [-0.15, -0.1) is 10.2 Å². The number of nitrogens with zero attached hydrogens (tertiary/aromatic N) is 6. The number of carbonyl (C=O) groups excluding carboxylic acids is 1. The fraction of sp³-hybridized carbons (Fsp3) is 0.0952. The predicted octanol–water partition coefficient (Wildman–Crippen LogP) is 4.16. The molecule has 0 saturated heterocycles. The molecule has 2 aromatic carbocycles. The molecule has 3 aromatic heterocycles. The number of para-hydroxylation sites is 1. The van der Waals surface area contributed by atoms with Gasteiger partial charge in [-0.3, -0.25) is 9.20 Å². The van der Waals surface area contributed by atoms with Crippen molar-refractivity contribution in [3.8, 4) is 5.69 Å². The van der Waals surface area contributed by atoms with Gasteiger partial charge in [-0.05, 0) is 36.8 Å². The minimum Gasteiger partial charge on any atom is -0.325 e. The number of rotatable bonds is 5. The van der Waals surface area contributed by atoms with E-state index in [0.717, 1.165) is 16.6 Å². The van der Waals surface area contributed by atoms with E-state index in [-0.39, 0.29) is 11.7 Å². The number of hydrogen-bond acceptors (Lipinski definition) is 6. The van der Waals surface area contributed by atoms with Crippen LogP contribution >= 0.6 is 23.4 Å². The molecule has 154 valence electrons. The molecule has 0 spiro atoms. The summed E-state index contributed by atoms with van der Waals surface area (Å²) in [7, 11) is 0. The molecular formula is C21H16ClN7OS. The van der Waals surface area contributed by atoms with Gasteiger partial charge in [0.25, 0.3) is 0 Å². The first-order valence-corrected chi connectivity index (χ1v) is 10.8. The molecule has 0 aliphatic carbocycles. The van der Waals surface area contributed by atoms with Crippen LogP contribution < -0.4 is 5.32 Å². The maximum Gasteiger partial charge on any atom is 0.234 e. The third-order valence-electron chi connectivity index (χ3n) is 4.73. The number of hydrogen-bond donors (Lipinski definition) is 1. The summed E-state index contributed by atoms with van der Waals surface area (Å²) in [4.78, 5) is 16.9. The van der Waals surface area contributed by atoms with Crippen molar-refractivity contribution in [2.45, 2.75) is 12.1 Å². The second-order valence-corrected chi connectivity index (χ2v) is 8.20. The Morgan fingerprint density at radius 3 is 2.77 bits per heavy atom. The van der Waals surface area contributed by atoms with Gasteiger partial charge in [0.05, 0.1) is 23.0 Å². The van der Waals surface area contributed by atoms with Gasteiger partial charge in [-0.2, -0.15) is 5.10 Å². The Morgan fingerprint density at radius 2 is 1.97 bits per heavy atom. The number of amides is 1. The van der Waals surface area contributed by atoms with Crippen molar-refractivity contribution < 1.29 is 4.79 Å². The van der Waals surface area contributed by atoms with Gasteiger partial charge < -0.3 is 5.32 Å². The van der Waals surface area contributed by atoms with Crippen LogP contribution in [0.3, 0.4) is 0 Å². The monoisotopic (exact) mass is 449 g/mol. The molecule has 0 fully saturated rings. The summed E-state index contributed by atoms with van der Waals surface area (Å²) in [5, 5.41) is 17.8. The number of thioether (sulfide) groups is 1. The SMILES string of the molecule is Cc1ccc(NC(=O)CSc2nnc3c4cnn(-c5ccccc5)c4ncn23)cc1Cl. The highest BCUT2D eigenvalue weighted by Gasteiger charge is 2.15. The zero-order chi connectivity index (χ0) is 21.4. The van der Waals surface area contributed by atoms with Crippen LogP contribution in [0.4, 0.5) is 5.69 Å². The molecular weight excluding hydrogens is 434 g/mol. The summed E-state index contributed by atoms with van der Waals surface area (Å²) in [5.41, 5.74) is 3.86. The molecule has 0 bridgehead atoms. The van der Waals surface area contributed by atoms with Gasteiger partial charge in [-0.25, -0.2) is 9.67 Å². The summed E-state index contributed by atoms with van der Waals surface area (Å²) >= 11 is 7.40. The van der Waals surface area contributed by atoms with Crippen molar-refractivity contribution in [2.75, 3.05) is 11.1 Å². The molecule has 0 atom stereocenters. The number of aromatic nitrogens is 6. The third-order valence-corrected chi connectivity index (χ3v) is 6.08.